The number of amides is 9. The van der Waals surface area contributed by atoms with E-state index in [4.69, 9.17) is 5.73 Å². The number of piperidine rings is 1. The molecule has 8 N–H and O–H groups in total. The number of likely N-dealkylation sites (tertiary alicyclic amines) is 1. The summed E-state index contributed by atoms with van der Waals surface area (Å²) in [7, 11) is -5.87. The minimum absolute atomic E-state index is 0.0231. The van der Waals surface area contributed by atoms with Gasteiger partial charge in [-0.2, -0.15) is 8.78 Å². The first kappa shape index (κ1) is 57.1. The summed E-state index contributed by atoms with van der Waals surface area (Å²) in [6.45, 7) is 1.09. The lowest BCUT2D eigenvalue weighted by atomic mass is 9.92. The number of carbonyl (C=O) groups excluding carboxylic acids is 9. The standard InChI is InChI=1S/C58H57F2N8O12PS/c59-58(60,81(78,79)80)38-19-23-45-37(26-38)28-46(82-45)54(74)63-42-20-18-35-15-8-16-36-27-44(68(50(35)36)56(42)76)53(73)62-41(21-24-47(61)69)51(71)65-49(34-12-6-3-7-13-34)57(77)66-29-32(30-66)10-4-1-2-5-11-33-14-9-17-39-40(33)31-67(55(39)75)43-22-25-48(70)64-52(43)72/h3,6-9,12-17,19,23,26,28,32,41-44,49H,1-2,4,10,18,20-22,24-25,27,29-31H2,(H2,61,69)(H,62,73)(H,63,74)(H,65,71)(H,64,70,72)(H2,78,79,80)/t41-,42-,43?,44-,49-/m0/s1. The van der Waals surface area contributed by atoms with Crippen LogP contribution in [0.15, 0.2) is 91.0 Å². The first-order valence-electron chi connectivity index (χ1n) is 26.9. The molecule has 2 fully saturated rings. The van der Waals surface area contributed by atoms with Gasteiger partial charge in [0, 0.05) is 66.7 Å². The van der Waals surface area contributed by atoms with E-state index in [-0.39, 0.29) is 79.0 Å². The van der Waals surface area contributed by atoms with Gasteiger partial charge >= 0.3 is 13.3 Å². The van der Waals surface area contributed by atoms with Crippen molar-refractivity contribution in [2.24, 2.45) is 11.7 Å². The SMILES string of the molecule is NC(=O)CC[C@H](NC(=O)[C@@H]1Cc2cccc3c2N1C(=O)[C@@H](NC(=O)c1cc2cc(C(F)(F)P(=O)(O)O)ccc2s1)CC3)C(=O)N[C@H](C(=O)N1CC(CCCCC#Cc2cccc3c2CN(C2CCC(=O)NC2=O)C3=O)C1)c1ccccc1. The number of nitrogens with one attached hydrogen (secondary N) is 4. The Kier molecular flexibility index (Phi) is 16.3. The molecule has 426 valence electrons. The highest BCUT2D eigenvalue weighted by Crippen LogP contribution is 2.59. The lowest BCUT2D eigenvalue weighted by molar-refractivity contribution is -0.143. The Balaban J connectivity index is 0.763. The van der Waals surface area contributed by atoms with Gasteiger partial charge in [0.25, 0.3) is 11.8 Å². The zero-order valence-electron chi connectivity index (χ0n) is 44.0. The Bertz CT molecular complexity index is 3580. The van der Waals surface area contributed by atoms with Crippen molar-refractivity contribution >= 4 is 87.9 Å². The summed E-state index contributed by atoms with van der Waals surface area (Å²) in [5, 5.41) is 10.7. The maximum Gasteiger partial charge on any atom is 0.399 e. The number of thiophene rings is 1. The molecule has 0 radical (unpaired) electrons. The molecule has 5 aromatic rings. The van der Waals surface area contributed by atoms with Gasteiger partial charge in [-0.1, -0.05) is 78.9 Å². The van der Waals surface area contributed by atoms with Crippen molar-refractivity contribution in [3.63, 3.8) is 0 Å². The van der Waals surface area contributed by atoms with Gasteiger partial charge in [-0.15, -0.1) is 11.3 Å². The van der Waals surface area contributed by atoms with Crippen LogP contribution in [0.1, 0.15) is 117 Å². The van der Waals surface area contributed by atoms with E-state index in [2.05, 4.69) is 33.1 Å². The van der Waals surface area contributed by atoms with Gasteiger partial charge in [-0.25, -0.2) is 0 Å². The van der Waals surface area contributed by atoms with Crippen LogP contribution in [0, 0.1) is 17.8 Å². The summed E-state index contributed by atoms with van der Waals surface area (Å²) in [6.07, 6.45) is 3.32. The van der Waals surface area contributed by atoms with Crippen LogP contribution in [0.3, 0.4) is 0 Å². The molecule has 5 aliphatic heterocycles. The summed E-state index contributed by atoms with van der Waals surface area (Å²) in [4.78, 5) is 144. The Morgan fingerprint density at radius 3 is 2.39 bits per heavy atom. The third kappa shape index (κ3) is 11.7. The molecular weight excluding hydrogens is 1100 g/mol. The molecule has 0 saturated carbocycles. The number of benzene rings is 4. The Labute approximate surface area is 472 Å². The van der Waals surface area contributed by atoms with Crippen LogP contribution in [0.2, 0.25) is 0 Å². The maximum absolute atomic E-state index is 14.6. The van der Waals surface area contributed by atoms with E-state index in [0.29, 0.717) is 58.6 Å². The predicted molar refractivity (Wildman–Crippen MR) is 294 cm³/mol. The number of rotatable bonds is 18. The molecule has 5 atom stereocenters. The van der Waals surface area contributed by atoms with Gasteiger partial charge in [0.15, 0.2) is 0 Å². The summed E-state index contributed by atoms with van der Waals surface area (Å²) in [6, 6.07) is 17.8. The second kappa shape index (κ2) is 23.4. The number of fused-ring (bicyclic) bond motifs is 2. The molecule has 1 aromatic heterocycles. The smallest absolute Gasteiger partial charge is 0.370 e. The van der Waals surface area contributed by atoms with Gasteiger partial charge in [0.05, 0.1) is 10.6 Å². The van der Waals surface area contributed by atoms with E-state index in [0.717, 1.165) is 53.9 Å². The van der Waals surface area contributed by atoms with E-state index >= 15 is 0 Å². The van der Waals surface area contributed by atoms with E-state index in [1.807, 2.05) is 6.07 Å². The van der Waals surface area contributed by atoms with Crippen molar-refractivity contribution in [3.05, 3.63) is 135 Å². The average molecular weight is 1160 g/mol. The molecule has 4 aromatic carbocycles. The monoisotopic (exact) mass is 1160 g/mol. The van der Waals surface area contributed by atoms with Crippen LogP contribution in [-0.2, 0) is 63.2 Å². The van der Waals surface area contributed by atoms with Crippen molar-refractivity contribution < 1.29 is 66.3 Å². The molecule has 0 aliphatic carbocycles. The Morgan fingerprint density at radius 1 is 0.890 bits per heavy atom. The normalized spacial score (nSPS) is 19.5. The molecule has 6 heterocycles. The first-order chi connectivity index (χ1) is 39.2. The van der Waals surface area contributed by atoms with Crippen molar-refractivity contribution in [1.29, 1.82) is 0 Å². The van der Waals surface area contributed by atoms with Crippen LogP contribution in [0.4, 0.5) is 14.5 Å². The number of alkyl halides is 2. The predicted octanol–water partition coefficient (Wildman–Crippen LogP) is 4.57. The third-order valence-electron chi connectivity index (χ3n) is 15.7. The molecule has 10 rings (SSSR count). The minimum atomic E-state index is -5.87. The number of nitrogens with zero attached hydrogens (tertiary/aromatic N) is 3. The first-order valence-corrected chi connectivity index (χ1v) is 29.3. The number of aryl methyl sites for hydroxylation is 1. The molecule has 5 aliphatic rings. The Morgan fingerprint density at radius 2 is 1.65 bits per heavy atom. The quantitative estimate of drug-likeness (QED) is 0.0275. The number of para-hydroxylation sites is 1. The van der Waals surface area contributed by atoms with Crippen LogP contribution in [-0.4, -0.2) is 110 Å². The number of anilines is 1. The number of halogens is 2. The zero-order valence-corrected chi connectivity index (χ0v) is 45.7. The lowest BCUT2D eigenvalue weighted by Gasteiger charge is -2.41. The number of nitrogens with two attached hydrogens (primary N) is 1. The summed E-state index contributed by atoms with van der Waals surface area (Å²) >= 11 is 0.915. The highest BCUT2D eigenvalue weighted by atomic mass is 32.1. The molecule has 24 heteroatoms. The summed E-state index contributed by atoms with van der Waals surface area (Å²) in [5.74, 6) is 1.47. The van der Waals surface area contributed by atoms with E-state index in [9.17, 15) is 66.3 Å². The average Bonchev–Trinajstić information content (AvgIpc) is 3.29. The summed E-state index contributed by atoms with van der Waals surface area (Å²) < 4.78 is 41.0. The van der Waals surface area contributed by atoms with Gasteiger partial charge in [0.1, 0.15) is 30.2 Å². The number of hydrogen-bond donors (Lipinski definition) is 7. The molecular formula is C58H57F2N8O12PS. The minimum Gasteiger partial charge on any atom is -0.370 e. The fourth-order valence-electron chi connectivity index (χ4n) is 11.3. The van der Waals surface area contributed by atoms with Crippen LogP contribution in [0.25, 0.3) is 10.1 Å². The molecule has 20 nitrogen and oxygen atoms in total. The molecule has 82 heavy (non-hydrogen) atoms. The second-order valence-electron chi connectivity index (χ2n) is 21.2. The molecule has 0 bridgehead atoms. The molecule has 1 unspecified atom stereocenters. The van der Waals surface area contributed by atoms with E-state index in [1.165, 1.54) is 21.9 Å². The number of primary amides is 1. The van der Waals surface area contributed by atoms with Gasteiger partial charge in [0.2, 0.25) is 41.4 Å². The van der Waals surface area contributed by atoms with Crippen molar-refractivity contribution in [3.8, 4) is 11.8 Å². The topological polar surface area (TPSA) is 295 Å². The number of unbranched alkanes of at least 4 members (excludes halogenated alkanes) is 2. The van der Waals surface area contributed by atoms with Crippen molar-refractivity contribution in [2.75, 3.05) is 18.0 Å². The largest absolute Gasteiger partial charge is 0.399 e. The van der Waals surface area contributed by atoms with E-state index in [1.54, 1.807) is 65.6 Å². The number of imide groups is 1. The van der Waals surface area contributed by atoms with Crippen molar-refractivity contribution in [2.45, 2.75) is 113 Å². The molecule has 2 saturated heterocycles. The van der Waals surface area contributed by atoms with Gasteiger partial charge in [-0.3, -0.25) is 57.9 Å². The highest BCUT2D eigenvalue weighted by Gasteiger charge is 2.51. The summed E-state index contributed by atoms with van der Waals surface area (Å²) in [5.41, 5.74) is 4.42. The van der Waals surface area contributed by atoms with Crippen LogP contribution < -0.4 is 31.9 Å². The number of carbonyl (C=O) groups is 9. The zero-order chi connectivity index (χ0) is 58.2. The fraction of sp³-hybridized carbons (Fsp3) is 0.362. The molecule has 0 spiro atoms. The number of hydrogen-bond acceptors (Lipinski definition) is 11. The molecule has 9 amide bonds. The van der Waals surface area contributed by atoms with Crippen LogP contribution >= 0.6 is 18.9 Å². The highest BCUT2D eigenvalue weighted by molar-refractivity contribution is 7.52. The third-order valence-corrected chi connectivity index (χ3v) is 17.8. The second-order valence-corrected chi connectivity index (χ2v) is 23.9. The van der Waals surface area contributed by atoms with Gasteiger partial charge < -0.3 is 41.3 Å². The maximum atomic E-state index is 14.6. The fourth-order valence-corrected chi connectivity index (χ4v) is 12.8. The van der Waals surface area contributed by atoms with E-state index < -0.39 is 84.5 Å². The lowest BCUT2D eigenvalue weighted by Crippen LogP contribution is -2.58. The Hall–Kier alpha value is -8.16. The van der Waals surface area contributed by atoms with Gasteiger partial charge in [-0.05, 0) is 102 Å². The van der Waals surface area contributed by atoms with Crippen molar-refractivity contribution in [1.82, 2.24) is 31.1 Å². The van der Waals surface area contributed by atoms with Crippen LogP contribution in [0.5, 0.6) is 0 Å².